The Kier molecular flexibility index (Phi) is 6.87. The molecule has 0 rings (SSSR count). The molecule has 0 radical (unpaired) electrons. The van der Waals surface area contributed by atoms with Gasteiger partial charge in [0.2, 0.25) is 0 Å². The quantitative estimate of drug-likeness (QED) is 0.504. The van der Waals surface area contributed by atoms with Gasteiger partial charge in [0.05, 0.1) is 13.1 Å². The molecule has 0 aromatic carbocycles. The molecule has 0 unspecified atom stereocenters. The fraction of sp³-hybridized carbons (Fsp3) is 0.727. The number of carbonyl (C=O) groups is 1. The van der Waals surface area contributed by atoms with Crippen LogP contribution in [0, 0.1) is 11.8 Å². The second-order valence-corrected chi connectivity index (χ2v) is 3.21. The molecule has 14 heavy (non-hydrogen) atoms. The van der Waals surface area contributed by atoms with Crippen molar-refractivity contribution >= 4 is 5.97 Å². The number of ether oxygens (including phenoxy) is 1. The largest absolute Gasteiger partial charge is 0.450 e. The van der Waals surface area contributed by atoms with E-state index in [4.69, 9.17) is 4.74 Å². The number of rotatable bonds is 4. The molecular formula is C11H20NO2+. The molecule has 80 valence electrons. The zero-order valence-corrected chi connectivity index (χ0v) is 9.52. The smallest absolute Gasteiger partial charge is 0.303 e. The molecule has 0 aromatic heterocycles. The summed E-state index contributed by atoms with van der Waals surface area (Å²) in [5, 5.41) is 0. The Morgan fingerprint density at radius 2 is 2.00 bits per heavy atom. The van der Waals surface area contributed by atoms with Gasteiger partial charge in [0.25, 0.3) is 0 Å². The van der Waals surface area contributed by atoms with Crippen molar-refractivity contribution in [1.82, 2.24) is 0 Å². The topological polar surface area (TPSA) is 30.7 Å². The third-order valence-electron chi connectivity index (χ3n) is 1.99. The normalized spacial score (nSPS) is 11.8. The number of hydrogen-bond acceptors (Lipinski definition) is 2. The number of nitrogens with one attached hydrogen (secondary N) is 1. The molecule has 1 N–H and O–H groups in total. The van der Waals surface area contributed by atoms with Crippen molar-refractivity contribution < 1.29 is 14.4 Å². The van der Waals surface area contributed by atoms with Crippen LogP contribution in [-0.2, 0) is 9.53 Å². The second-order valence-electron chi connectivity index (χ2n) is 3.21. The molecule has 0 heterocycles. The summed E-state index contributed by atoms with van der Waals surface area (Å²) in [4.78, 5) is 12.0. The van der Waals surface area contributed by atoms with Crippen molar-refractivity contribution in [2.75, 3.05) is 19.6 Å². The first-order valence-electron chi connectivity index (χ1n) is 5.09. The van der Waals surface area contributed by atoms with Crippen LogP contribution >= 0.6 is 0 Å². The maximum absolute atomic E-state index is 10.6. The Labute approximate surface area is 86.4 Å². The van der Waals surface area contributed by atoms with Gasteiger partial charge >= 0.3 is 5.97 Å². The minimum absolute atomic E-state index is 0.276. The average Bonchev–Trinajstić information content (AvgIpc) is 2.11. The molecule has 0 saturated heterocycles. The number of hydrogen-bond donors (Lipinski definition) is 1. The van der Waals surface area contributed by atoms with Gasteiger partial charge in [-0.3, -0.25) is 4.79 Å². The van der Waals surface area contributed by atoms with Crippen LogP contribution in [0.2, 0.25) is 0 Å². The van der Waals surface area contributed by atoms with E-state index in [2.05, 4.69) is 25.7 Å². The van der Waals surface area contributed by atoms with Gasteiger partial charge in [-0.05, 0) is 26.7 Å². The zero-order chi connectivity index (χ0) is 11.0. The van der Waals surface area contributed by atoms with Crippen LogP contribution in [0.1, 0.15) is 27.7 Å². The van der Waals surface area contributed by atoms with Gasteiger partial charge in [-0.2, -0.15) is 0 Å². The standard InChI is InChI=1S/C11H19NO2/c1-5-12(6-2)9-7-8-10(3)14-11(4)13/h10H,5-6,9H2,1-4H3/p+1/t10-/m1/s1. The Morgan fingerprint density at radius 3 is 2.43 bits per heavy atom. The number of carbonyl (C=O) groups excluding carboxylic acids is 1. The fourth-order valence-corrected chi connectivity index (χ4v) is 1.10. The highest BCUT2D eigenvalue weighted by molar-refractivity contribution is 5.66. The second kappa shape index (κ2) is 7.40. The lowest BCUT2D eigenvalue weighted by Crippen LogP contribution is -3.11. The van der Waals surface area contributed by atoms with Crippen LogP contribution in [0.15, 0.2) is 0 Å². The summed E-state index contributed by atoms with van der Waals surface area (Å²) in [5.74, 6) is 5.65. The Morgan fingerprint density at radius 1 is 1.43 bits per heavy atom. The number of quaternary nitrogens is 1. The highest BCUT2D eigenvalue weighted by atomic mass is 16.5. The summed E-state index contributed by atoms with van der Waals surface area (Å²) in [7, 11) is 0. The zero-order valence-electron chi connectivity index (χ0n) is 9.52. The predicted molar refractivity (Wildman–Crippen MR) is 55.9 cm³/mol. The molecule has 3 nitrogen and oxygen atoms in total. The minimum atomic E-state index is -0.289. The van der Waals surface area contributed by atoms with Gasteiger partial charge < -0.3 is 9.64 Å². The van der Waals surface area contributed by atoms with Crippen LogP contribution in [0.25, 0.3) is 0 Å². The summed E-state index contributed by atoms with van der Waals surface area (Å²) >= 11 is 0. The molecule has 1 atom stereocenters. The van der Waals surface area contributed by atoms with E-state index in [1.165, 1.54) is 11.8 Å². The van der Waals surface area contributed by atoms with E-state index in [1.54, 1.807) is 6.92 Å². The first-order chi connectivity index (χ1) is 6.60. The molecule has 3 heteroatoms. The molecule has 0 aliphatic rings. The van der Waals surface area contributed by atoms with Crippen LogP contribution in [0.4, 0.5) is 0 Å². The van der Waals surface area contributed by atoms with E-state index in [0.717, 1.165) is 19.6 Å². The predicted octanol–water partition coefficient (Wildman–Crippen LogP) is -0.134. The highest BCUT2D eigenvalue weighted by Gasteiger charge is 2.01. The molecule has 0 spiro atoms. The van der Waals surface area contributed by atoms with Crippen LogP contribution in [0.3, 0.4) is 0 Å². The molecule has 0 aliphatic heterocycles. The van der Waals surface area contributed by atoms with Crippen molar-refractivity contribution in [3.8, 4) is 11.8 Å². The van der Waals surface area contributed by atoms with Crippen LogP contribution in [-0.4, -0.2) is 31.7 Å². The van der Waals surface area contributed by atoms with Crippen molar-refractivity contribution in [1.29, 1.82) is 0 Å². The summed E-state index contributed by atoms with van der Waals surface area (Å²) in [5.41, 5.74) is 0. The van der Waals surface area contributed by atoms with Crippen molar-refractivity contribution in [2.45, 2.75) is 33.8 Å². The van der Waals surface area contributed by atoms with Gasteiger partial charge in [0.1, 0.15) is 6.54 Å². The van der Waals surface area contributed by atoms with Crippen LogP contribution in [0.5, 0.6) is 0 Å². The monoisotopic (exact) mass is 198 g/mol. The molecule has 0 aliphatic carbocycles. The van der Waals surface area contributed by atoms with E-state index in [-0.39, 0.29) is 12.1 Å². The van der Waals surface area contributed by atoms with Crippen molar-refractivity contribution in [3.05, 3.63) is 0 Å². The fourth-order valence-electron chi connectivity index (χ4n) is 1.10. The highest BCUT2D eigenvalue weighted by Crippen LogP contribution is 1.87. The van der Waals surface area contributed by atoms with E-state index < -0.39 is 0 Å². The molecule has 0 saturated carbocycles. The molecule has 0 bridgehead atoms. The average molecular weight is 198 g/mol. The van der Waals surface area contributed by atoms with Gasteiger partial charge in [-0.1, -0.05) is 5.92 Å². The summed E-state index contributed by atoms with van der Waals surface area (Å²) in [6.07, 6.45) is -0.289. The van der Waals surface area contributed by atoms with Gasteiger partial charge in [-0.15, -0.1) is 0 Å². The summed E-state index contributed by atoms with van der Waals surface area (Å²) < 4.78 is 4.88. The summed E-state index contributed by atoms with van der Waals surface area (Å²) in [6, 6.07) is 0. The first-order valence-corrected chi connectivity index (χ1v) is 5.09. The Bertz CT molecular complexity index is 223. The van der Waals surface area contributed by atoms with E-state index >= 15 is 0 Å². The van der Waals surface area contributed by atoms with Crippen molar-refractivity contribution in [3.63, 3.8) is 0 Å². The third-order valence-corrected chi connectivity index (χ3v) is 1.99. The molecule has 0 fully saturated rings. The Hall–Kier alpha value is -1.01. The van der Waals surface area contributed by atoms with Gasteiger partial charge in [0, 0.05) is 6.92 Å². The van der Waals surface area contributed by atoms with E-state index in [9.17, 15) is 4.79 Å². The lowest BCUT2D eigenvalue weighted by molar-refractivity contribution is -0.889. The first kappa shape index (κ1) is 13.0. The van der Waals surface area contributed by atoms with E-state index in [0.29, 0.717) is 0 Å². The molecule has 0 aromatic rings. The maximum Gasteiger partial charge on any atom is 0.303 e. The van der Waals surface area contributed by atoms with Gasteiger partial charge in [0.15, 0.2) is 6.10 Å². The van der Waals surface area contributed by atoms with Crippen molar-refractivity contribution in [2.24, 2.45) is 0 Å². The SMILES string of the molecule is CC[NH+](CC)CC#C[C@@H](C)OC(C)=O. The lowest BCUT2D eigenvalue weighted by atomic mass is 10.4. The summed E-state index contributed by atoms with van der Waals surface area (Å²) in [6.45, 7) is 10.4. The third kappa shape index (κ3) is 6.50. The maximum atomic E-state index is 10.6. The Balaban J connectivity index is 3.85. The van der Waals surface area contributed by atoms with Crippen LogP contribution < -0.4 is 4.90 Å². The molecular weight excluding hydrogens is 178 g/mol. The van der Waals surface area contributed by atoms with E-state index in [1.807, 2.05) is 0 Å². The number of esters is 1. The lowest BCUT2D eigenvalue weighted by Gasteiger charge is -2.10. The molecule has 0 amide bonds. The van der Waals surface area contributed by atoms with Gasteiger partial charge in [-0.25, -0.2) is 0 Å². The minimum Gasteiger partial charge on any atom is -0.450 e.